The smallest absolute Gasteiger partial charge is 0.102 e. The summed E-state index contributed by atoms with van der Waals surface area (Å²) in [5, 5.41) is 0. The molecule has 1 fully saturated rings. The van der Waals surface area contributed by atoms with Gasteiger partial charge in [0.1, 0.15) is 13.1 Å². The monoisotopic (exact) mass is 475 g/mol. The Kier molecular flexibility index (Phi) is 21.9. The average molecular weight is 477 g/mol. The van der Waals surface area contributed by atoms with E-state index in [4.69, 9.17) is 4.74 Å². The van der Waals surface area contributed by atoms with Crippen molar-refractivity contribution in [1.82, 2.24) is 0 Å². The highest BCUT2D eigenvalue weighted by atomic mass is 79.9. The van der Waals surface area contributed by atoms with Crippen molar-refractivity contribution in [3.63, 3.8) is 0 Å². The molecule has 0 radical (unpaired) electrons. The molecule has 0 unspecified atom stereocenters. The molecule has 0 atom stereocenters. The number of morpholine rings is 1. The first kappa shape index (κ1) is 29.4. The summed E-state index contributed by atoms with van der Waals surface area (Å²) in [5.74, 6) is 0. The van der Waals surface area contributed by atoms with Gasteiger partial charge < -0.3 is 26.2 Å². The van der Waals surface area contributed by atoms with E-state index in [-0.39, 0.29) is 17.0 Å². The third kappa shape index (κ3) is 16.7. The lowest BCUT2D eigenvalue weighted by molar-refractivity contribution is -0.935. The van der Waals surface area contributed by atoms with Crippen LogP contribution in [-0.4, -0.2) is 43.9 Å². The van der Waals surface area contributed by atoms with E-state index in [1.165, 1.54) is 146 Å². The zero-order valence-electron chi connectivity index (χ0n) is 20.2. The quantitative estimate of drug-likeness (QED) is 0.179. The second-order valence-corrected chi connectivity index (χ2v) is 9.51. The summed E-state index contributed by atoms with van der Waals surface area (Å²) >= 11 is 0. The number of quaternary nitrogens is 1. The molecule has 29 heavy (non-hydrogen) atoms. The number of hydrogen-bond acceptors (Lipinski definition) is 1. The zero-order valence-corrected chi connectivity index (χ0v) is 21.8. The van der Waals surface area contributed by atoms with Crippen LogP contribution in [0.1, 0.15) is 129 Å². The first-order chi connectivity index (χ1) is 13.8. The number of ether oxygens (including phenoxy) is 1. The zero-order chi connectivity index (χ0) is 20.2. The molecule has 0 amide bonds. The highest BCUT2D eigenvalue weighted by Gasteiger charge is 2.28. The maximum atomic E-state index is 5.62. The van der Waals surface area contributed by atoms with Gasteiger partial charge in [0.05, 0.1) is 26.3 Å². The molecule has 0 aromatic carbocycles. The molecule has 0 bridgehead atoms. The summed E-state index contributed by atoms with van der Waals surface area (Å²) in [6.07, 6.45) is 26.1. The van der Waals surface area contributed by atoms with E-state index in [1.807, 2.05) is 0 Å². The van der Waals surface area contributed by atoms with Crippen LogP contribution in [0.5, 0.6) is 0 Å². The Bertz CT molecular complexity index is 318. The summed E-state index contributed by atoms with van der Waals surface area (Å²) < 4.78 is 6.98. The van der Waals surface area contributed by atoms with Gasteiger partial charge in [-0.1, -0.05) is 110 Å². The minimum atomic E-state index is 0. The molecular formula is C26H54BrNO. The van der Waals surface area contributed by atoms with E-state index in [0.717, 1.165) is 13.2 Å². The van der Waals surface area contributed by atoms with Crippen molar-refractivity contribution in [2.24, 2.45) is 0 Å². The molecule has 1 aliphatic heterocycles. The maximum Gasteiger partial charge on any atom is 0.102 e. The second kappa shape index (κ2) is 21.6. The predicted molar refractivity (Wildman–Crippen MR) is 125 cm³/mol. The van der Waals surface area contributed by atoms with Gasteiger partial charge in [0.25, 0.3) is 0 Å². The van der Waals surface area contributed by atoms with Gasteiger partial charge in [0, 0.05) is 0 Å². The Morgan fingerprint density at radius 2 is 0.828 bits per heavy atom. The number of hydrogen-bond donors (Lipinski definition) is 0. The molecule has 176 valence electrons. The molecule has 2 nitrogen and oxygen atoms in total. The van der Waals surface area contributed by atoms with Gasteiger partial charge in [0.2, 0.25) is 0 Å². The fourth-order valence-electron chi connectivity index (χ4n) is 4.78. The summed E-state index contributed by atoms with van der Waals surface area (Å²) in [6, 6.07) is 0. The topological polar surface area (TPSA) is 9.23 Å². The van der Waals surface area contributed by atoms with Crippen molar-refractivity contribution in [3.8, 4) is 0 Å². The molecule has 1 rings (SSSR count). The molecule has 0 spiro atoms. The number of nitrogens with zero attached hydrogens (tertiary/aromatic N) is 1. The lowest BCUT2D eigenvalue weighted by Crippen LogP contribution is -3.00. The SMILES string of the molecule is CCCCCCCCCCCCCCCCCC[N+]1(CCCC)CCOCC1.[Br-]. The van der Waals surface area contributed by atoms with Gasteiger partial charge in [-0.05, 0) is 19.3 Å². The minimum Gasteiger partial charge on any atom is -1.00 e. The summed E-state index contributed by atoms with van der Waals surface area (Å²) in [5.41, 5.74) is 0. The molecular weight excluding hydrogens is 422 g/mol. The lowest BCUT2D eigenvalue weighted by atomic mass is 10.0. The molecule has 1 aliphatic rings. The molecule has 0 saturated carbocycles. The van der Waals surface area contributed by atoms with Gasteiger partial charge in [-0.15, -0.1) is 0 Å². The van der Waals surface area contributed by atoms with Gasteiger partial charge in [-0.3, -0.25) is 0 Å². The van der Waals surface area contributed by atoms with Crippen LogP contribution in [0.3, 0.4) is 0 Å². The summed E-state index contributed by atoms with van der Waals surface area (Å²) in [4.78, 5) is 0. The van der Waals surface area contributed by atoms with E-state index in [2.05, 4.69) is 13.8 Å². The highest BCUT2D eigenvalue weighted by molar-refractivity contribution is 4.54. The molecule has 0 aromatic heterocycles. The van der Waals surface area contributed by atoms with Crippen LogP contribution in [0, 0.1) is 0 Å². The van der Waals surface area contributed by atoms with Crippen molar-refractivity contribution in [2.45, 2.75) is 129 Å². The van der Waals surface area contributed by atoms with Crippen molar-refractivity contribution < 1.29 is 26.2 Å². The lowest BCUT2D eigenvalue weighted by Gasteiger charge is -2.41. The maximum absolute atomic E-state index is 5.62. The van der Waals surface area contributed by atoms with Crippen molar-refractivity contribution in [1.29, 1.82) is 0 Å². The minimum absolute atomic E-state index is 0. The molecule has 0 aliphatic carbocycles. The van der Waals surface area contributed by atoms with E-state index >= 15 is 0 Å². The van der Waals surface area contributed by atoms with Crippen LogP contribution in [-0.2, 0) is 4.74 Å². The highest BCUT2D eigenvalue weighted by Crippen LogP contribution is 2.17. The van der Waals surface area contributed by atoms with Crippen molar-refractivity contribution in [2.75, 3.05) is 39.4 Å². The van der Waals surface area contributed by atoms with Crippen molar-refractivity contribution >= 4 is 0 Å². The van der Waals surface area contributed by atoms with Gasteiger partial charge >= 0.3 is 0 Å². The Hall–Kier alpha value is 0.400. The number of halogens is 1. The third-order valence-corrected chi connectivity index (χ3v) is 6.89. The number of rotatable bonds is 20. The van der Waals surface area contributed by atoms with E-state index < -0.39 is 0 Å². The number of unbranched alkanes of at least 4 members (excludes halogenated alkanes) is 16. The van der Waals surface area contributed by atoms with Gasteiger partial charge in [0.15, 0.2) is 0 Å². The van der Waals surface area contributed by atoms with Crippen LogP contribution in [0.4, 0.5) is 0 Å². The Morgan fingerprint density at radius 1 is 0.483 bits per heavy atom. The normalized spacial score (nSPS) is 15.9. The molecule has 3 heteroatoms. The van der Waals surface area contributed by atoms with Gasteiger partial charge in [-0.25, -0.2) is 0 Å². The average Bonchev–Trinajstić information content (AvgIpc) is 2.73. The van der Waals surface area contributed by atoms with Crippen LogP contribution in [0.25, 0.3) is 0 Å². The van der Waals surface area contributed by atoms with E-state index in [0.29, 0.717) is 0 Å². The van der Waals surface area contributed by atoms with E-state index in [1.54, 1.807) is 0 Å². The predicted octanol–water partition coefficient (Wildman–Crippen LogP) is 4.90. The van der Waals surface area contributed by atoms with Crippen LogP contribution < -0.4 is 17.0 Å². The molecule has 1 heterocycles. The summed E-state index contributed by atoms with van der Waals surface area (Å²) in [6.45, 7) is 11.9. The largest absolute Gasteiger partial charge is 1.00 e. The van der Waals surface area contributed by atoms with Crippen LogP contribution >= 0.6 is 0 Å². The molecule has 1 saturated heterocycles. The molecule has 0 N–H and O–H groups in total. The fraction of sp³-hybridized carbons (Fsp3) is 1.00. The van der Waals surface area contributed by atoms with Crippen molar-refractivity contribution in [3.05, 3.63) is 0 Å². The fourth-order valence-corrected chi connectivity index (χ4v) is 4.78. The Morgan fingerprint density at radius 3 is 1.24 bits per heavy atom. The van der Waals surface area contributed by atoms with Crippen LogP contribution in [0.2, 0.25) is 0 Å². The first-order valence-corrected chi connectivity index (χ1v) is 13.3. The van der Waals surface area contributed by atoms with Gasteiger partial charge in [-0.2, -0.15) is 0 Å². The van der Waals surface area contributed by atoms with E-state index in [9.17, 15) is 0 Å². The standard InChI is InChI=1S/C26H54NO.BrH/c1-3-5-7-8-9-10-11-12-13-14-15-16-17-18-19-20-22-27(21-6-4-2)23-25-28-26-24-27;/h3-26H2,1-2H3;1H/q+1;/p-1. The molecule has 0 aromatic rings. The Labute approximate surface area is 194 Å². The summed E-state index contributed by atoms with van der Waals surface area (Å²) in [7, 11) is 0. The second-order valence-electron chi connectivity index (χ2n) is 9.51. The third-order valence-electron chi connectivity index (χ3n) is 6.89. The van der Waals surface area contributed by atoms with Crippen LogP contribution in [0.15, 0.2) is 0 Å². The Balaban J connectivity index is 0.00000784. The first-order valence-electron chi connectivity index (χ1n) is 13.3.